The molecule has 0 aliphatic carbocycles. The van der Waals surface area contributed by atoms with Gasteiger partial charge in [-0.3, -0.25) is 0 Å². The van der Waals surface area contributed by atoms with Gasteiger partial charge in [-0.25, -0.2) is 0 Å². The van der Waals surface area contributed by atoms with E-state index >= 15 is 0 Å². The zero-order valence-corrected chi connectivity index (χ0v) is 35.7. The molecule has 1 unspecified atom stereocenters. The van der Waals surface area contributed by atoms with Crippen LogP contribution in [0, 0.1) is 0 Å². The molecular weight excluding hydrogens is 783 g/mol. The number of carbonyl (C=O) groups is 2. The van der Waals surface area contributed by atoms with Gasteiger partial charge in [-0.15, -0.1) is 0 Å². The van der Waals surface area contributed by atoms with E-state index in [1.807, 2.05) is 12.1 Å². The number of amides is 2. The zero-order valence-electron chi connectivity index (χ0n) is 33.2. The molecule has 4 aromatic carbocycles. The van der Waals surface area contributed by atoms with Crippen molar-refractivity contribution in [2.75, 3.05) is 34.9 Å². The Labute approximate surface area is 330 Å². The Morgan fingerprint density at radius 3 is 1.67 bits per heavy atom. The molecule has 2 aliphatic heterocycles. The molecule has 1 fully saturated rings. The Balaban J connectivity index is 1.54. The van der Waals surface area contributed by atoms with Crippen molar-refractivity contribution in [1.29, 1.82) is 0 Å². The first-order valence-electron chi connectivity index (χ1n) is 19.0. The average molecular weight is 837 g/mol. The van der Waals surface area contributed by atoms with Crippen LogP contribution in [0.5, 0.6) is 11.5 Å². The molecular formula is C45H54ClN3O4Ru. The third-order valence-corrected chi connectivity index (χ3v) is 14.6. The Hall–Kier alpha value is -4.00. The number of fused-ring (bicyclic) bond motifs is 1. The second-order valence-corrected chi connectivity index (χ2v) is 20.0. The molecule has 7 nitrogen and oxygen atoms in total. The van der Waals surface area contributed by atoms with Crippen LogP contribution in [0.4, 0.5) is 17.1 Å². The van der Waals surface area contributed by atoms with Crippen LogP contribution in [0.2, 0.25) is 0 Å². The molecule has 2 amide bonds. The molecule has 288 valence electrons. The molecule has 0 radical (unpaired) electrons. The minimum absolute atomic E-state index is 0.109. The number of nitrogens with zero attached hydrogens (tertiary/aromatic N) is 3. The van der Waals surface area contributed by atoms with Gasteiger partial charge in [-0.2, -0.15) is 0 Å². The van der Waals surface area contributed by atoms with Crippen molar-refractivity contribution >= 4 is 43.2 Å². The molecule has 4 aromatic rings. The van der Waals surface area contributed by atoms with E-state index in [0.717, 1.165) is 18.7 Å². The fourth-order valence-corrected chi connectivity index (χ4v) is 12.2. The number of hydrogen-bond acceptors (Lipinski definition) is 6. The van der Waals surface area contributed by atoms with Crippen LogP contribution in [0.15, 0.2) is 78.9 Å². The zero-order chi connectivity index (χ0) is 39.0. The molecule has 1 atom stereocenters. The van der Waals surface area contributed by atoms with Gasteiger partial charge in [0.1, 0.15) is 0 Å². The van der Waals surface area contributed by atoms with Gasteiger partial charge in [0, 0.05) is 0 Å². The van der Waals surface area contributed by atoms with E-state index in [1.165, 1.54) is 38.5 Å². The third-order valence-electron chi connectivity index (χ3n) is 10.4. The van der Waals surface area contributed by atoms with Gasteiger partial charge in [-0.05, 0) is 0 Å². The van der Waals surface area contributed by atoms with E-state index in [4.69, 9.17) is 19.2 Å². The number of ether oxygens (including phenoxy) is 2. The Morgan fingerprint density at radius 2 is 1.22 bits per heavy atom. The summed E-state index contributed by atoms with van der Waals surface area (Å²) in [7, 11) is 9.54. The van der Waals surface area contributed by atoms with E-state index in [0.29, 0.717) is 46.4 Å². The molecule has 2 aliphatic rings. The van der Waals surface area contributed by atoms with E-state index in [9.17, 15) is 9.59 Å². The van der Waals surface area contributed by atoms with Crippen molar-refractivity contribution in [3.63, 3.8) is 0 Å². The van der Waals surface area contributed by atoms with Gasteiger partial charge in [0.05, 0.1) is 0 Å². The first-order chi connectivity index (χ1) is 25.7. The number of anilines is 3. The molecule has 54 heavy (non-hydrogen) atoms. The van der Waals surface area contributed by atoms with Gasteiger partial charge in [0.25, 0.3) is 0 Å². The first kappa shape index (κ1) is 39.7. The van der Waals surface area contributed by atoms with Crippen LogP contribution in [-0.4, -0.2) is 47.5 Å². The van der Waals surface area contributed by atoms with Crippen molar-refractivity contribution in [1.82, 2.24) is 0 Å². The number of benzene rings is 4. The number of para-hydroxylation sites is 3. The molecule has 2 heterocycles. The van der Waals surface area contributed by atoms with Crippen molar-refractivity contribution in [2.45, 2.75) is 96.8 Å². The molecule has 9 heteroatoms. The summed E-state index contributed by atoms with van der Waals surface area (Å²) in [5.74, 6) is 1.60. The van der Waals surface area contributed by atoms with Crippen molar-refractivity contribution in [3.05, 3.63) is 112 Å². The fraction of sp³-hybridized carbons (Fsp3) is 0.400. The average Bonchev–Trinajstić information content (AvgIpc) is 3.59. The second-order valence-electron chi connectivity index (χ2n) is 15.4. The second kappa shape index (κ2) is 16.4. The van der Waals surface area contributed by atoms with Crippen LogP contribution < -0.4 is 24.2 Å². The number of methoxy groups -OCH3 is 1. The number of hydrogen-bond donors (Lipinski definition) is 0. The third kappa shape index (κ3) is 7.49. The monoisotopic (exact) mass is 837 g/mol. The minimum atomic E-state index is -2.49. The molecule has 0 bridgehead atoms. The maximum absolute atomic E-state index is 14.0. The van der Waals surface area contributed by atoms with E-state index in [1.54, 1.807) is 44.4 Å². The summed E-state index contributed by atoms with van der Waals surface area (Å²) in [5, 5.41) is 0. The number of carbonyl (C=O) groups excluding carboxylic acids is 2. The van der Waals surface area contributed by atoms with Crippen LogP contribution >= 0.6 is 9.69 Å². The van der Waals surface area contributed by atoms with Crippen molar-refractivity contribution in [3.8, 4) is 11.5 Å². The predicted octanol–water partition coefficient (Wildman–Crippen LogP) is 10.4. The quantitative estimate of drug-likeness (QED) is 0.117. The Morgan fingerprint density at radius 1 is 0.759 bits per heavy atom. The molecule has 0 aromatic heterocycles. The van der Waals surface area contributed by atoms with Gasteiger partial charge >= 0.3 is 332 Å². The summed E-state index contributed by atoms with van der Waals surface area (Å²) in [6, 6.07) is 25.9. The number of halogens is 1. The topological polar surface area (TPSA) is 62.3 Å². The summed E-state index contributed by atoms with van der Waals surface area (Å²) >= 11 is -2.49. The summed E-state index contributed by atoms with van der Waals surface area (Å²) in [6.45, 7) is 21.5. The predicted molar refractivity (Wildman–Crippen MR) is 220 cm³/mol. The Kier molecular flexibility index (Phi) is 12.0. The van der Waals surface area contributed by atoms with Crippen molar-refractivity contribution in [2.24, 2.45) is 0 Å². The van der Waals surface area contributed by atoms with Crippen LogP contribution in [0.25, 0.3) is 0 Å². The Bertz CT molecular complexity index is 1930. The summed E-state index contributed by atoms with van der Waals surface area (Å²) in [4.78, 5) is 34.0. The normalized spacial score (nSPS) is 17.2. The standard InChI is InChI=1S/C27H39N2.C18H15NO4.ClH.Ru/c1-18(2)22-11-9-12-23(19(3)4)26(22)28-15-16-29(17-28)27-24(20(5)6)13-10-14-25(27)21(7)8;1-11-5-4-6-15-16(11)23-12(2)17(20)19(15)18(21)13-7-9-14(22-3)10-8-13;;/h9-14,17-21H,15-16H2,1-8H3;1,4-10,12H,2-3H3;1H;/q;;;+1/p-1. The van der Waals surface area contributed by atoms with Crippen molar-refractivity contribution < 1.29 is 33.6 Å². The van der Waals surface area contributed by atoms with Gasteiger partial charge in [0.15, 0.2) is 0 Å². The maximum atomic E-state index is 14.0. The first-order valence-corrected chi connectivity index (χ1v) is 23.2. The SMILES string of the molecule is COc1ccc(C(=O)N2C(=O)C(C)Oc3c([CH]=[Ru]([Cl])[CH]4N(c5c(C(C)C)cccc5C(C)C)CCN4c4c(C(C)C)cccc4C(C)C)cccc32)cc1. The van der Waals surface area contributed by atoms with Gasteiger partial charge in [0.2, 0.25) is 0 Å². The van der Waals surface area contributed by atoms with Gasteiger partial charge < -0.3 is 0 Å². The van der Waals surface area contributed by atoms with E-state index in [2.05, 4.69) is 106 Å². The summed E-state index contributed by atoms with van der Waals surface area (Å²) in [5.41, 5.74) is 9.49. The molecule has 0 N–H and O–H groups in total. The number of imide groups is 1. The molecule has 0 saturated carbocycles. The molecule has 0 spiro atoms. The number of rotatable bonds is 10. The van der Waals surface area contributed by atoms with E-state index in [-0.39, 0.29) is 4.76 Å². The summed E-state index contributed by atoms with van der Waals surface area (Å²) in [6.07, 6.45) is -0.859. The van der Waals surface area contributed by atoms with Gasteiger partial charge in [-0.1, -0.05) is 0 Å². The fourth-order valence-electron chi connectivity index (χ4n) is 7.60. The summed E-state index contributed by atoms with van der Waals surface area (Å²) < 4.78 is 13.7. The van der Waals surface area contributed by atoms with E-state index < -0.39 is 32.4 Å². The van der Waals surface area contributed by atoms with Crippen LogP contribution in [-0.2, 0) is 19.3 Å². The van der Waals surface area contributed by atoms with Crippen LogP contribution in [0.1, 0.15) is 124 Å². The molecule has 6 rings (SSSR count). The molecule has 1 saturated heterocycles. The van der Waals surface area contributed by atoms with Crippen LogP contribution in [0.3, 0.4) is 0 Å².